The third-order valence-corrected chi connectivity index (χ3v) is 5.33. The minimum atomic E-state index is -0.412. The molecular formula is C20H19FN2O4S. The molecule has 28 heavy (non-hydrogen) atoms. The number of benzene rings is 2. The molecule has 0 saturated carbocycles. The normalized spacial score (nSPS) is 14.0. The second-order valence-corrected chi connectivity index (χ2v) is 7.33. The number of carbonyl (C=O) groups is 1. The predicted molar refractivity (Wildman–Crippen MR) is 105 cm³/mol. The van der Waals surface area contributed by atoms with Crippen molar-refractivity contribution in [2.45, 2.75) is 13.0 Å². The summed E-state index contributed by atoms with van der Waals surface area (Å²) in [7, 11) is 0. The van der Waals surface area contributed by atoms with E-state index < -0.39 is 5.97 Å². The van der Waals surface area contributed by atoms with Crippen LogP contribution >= 0.6 is 11.3 Å². The molecule has 2 aromatic carbocycles. The van der Waals surface area contributed by atoms with Gasteiger partial charge in [-0.05, 0) is 49.4 Å². The Morgan fingerprint density at radius 3 is 2.61 bits per heavy atom. The summed E-state index contributed by atoms with van der Waals surface area (Å²) in [5, 5.41) is 0.804. The molecule has 0 unspecified atom stereocenters. The molecule has 4 rings (SSSR count). The molecule has 8 heteroatoms. The highest BCUT2D eigenvalue weighted by Gasteiger charge is 2.32. The third-order valence-electron chi connectivity index (χ3n) is 4.25. The number of anilines is 1. The van der Waals surface area contributed by atoms with E-state index in [0.29, 0.717) is 25.4 Å². The van der Waals surface area contributed by atoms with Gasteiger partial charge in [-0.3, -0.25) is 0 Å². The molecule has 1 fully saturated rings. The number of halogens is 1. The average Bonchev–Trinajstić information content (AvgIpc) is 3.06. The SMILES string of the molecule is CCOc1ccc(OCC(=O)OC2CN(c3nc4ccc(F)cc4s3)C2)cc1. The van der Waals surface area contributed by atoms with Crippen molar-refractivity contribution in [3.05, 3.63) is 48.3 Å². The smallest absolute Gasteiger partial charge is 0.344 e. The van der Waals surface area contributed by atoms with Crippen LogP contribution in [-0.2, 0) is 9.53 Å². The number of thiazole rings is 1. The number of aromatic nitrogens is 1. The Bertz CT molecular complexity index is 970. The van der Waals surface area contributed by atoms with Crippen LogP contribution in [0.2, 0.25) is 0 Å². The van der Waals surface area contributed by atoms with Crippen molar-refractivity contribution in [1.82, 2.24) is 4.98 Å². The Balaban J connectivity index is 1.23. The number of hydrogen-bond acceptors (Lipinski definition) is 7. The molecule has 3 aromatic rings. The van der Waals surface area contributed by atoms with Gasteiger partial charge in [0.1, 0.15) is 23.4 Å². The minimum absolute atomic E-state index is 0.148. The molecule has 0 amide bonds. The van der Waals surface area contributed by atoms with Crippen molar-refractivity contribution in [1.29, 1.82) is 0 Å². The Labute approximate surface area is 165 Å². The van der Waals surface area contributed by atoms with Crippen LogP contribution in [0.3, 0.4) is 0 Å². The second kappa shape index (κ2) is 8.02. The van der Waals surface area contributed by atoms with Gasteiger partial charge in [0.2, 0.25) is 0 Å². The van der Waals surface area contributed by atoms with Crippen molar-refractivity contribution in [3.63, 3.8) is 0 Å². The monoisotopic (exact) mass is 402 g/mol. The summed E-state index contributed by atoms with van der Waals surface area (Å²) < 4.78 is 30.3. The fourth-order valence-electron chi connectivity index (χ4n) is 2.85. The van der Waals surface area contributed by atoms with Crippen molar-refractivity contribution in [2.24, 2.45) is 0 Å². The molecular weight excluding hydrogens is 383 g/mol. The van der Waals surface area contributed by atoms with Crippen molar-refractivity contribution in [2.75, 3.05) is 31.2 Å². The summed E-state index contributed by atoms with van der Waals surface area (Å²) >= 11 is 1.43. The van der Waals surface area contributed by atoms with E-state index >= 15 is 0 Å². The zero-order valence-electron chi connectivity index (χ0n) is 15.3. The fourth-order valence-corrected chi connectivity index (χ4v) is 3.86. The Morgan fingerprint density at radius 2 is 1.89 bits per heavy atom. The van der Waals surface area contributed by atoms with Crippen LogP contribution in [0.25, 0.3) is 10.2 Å². The number of fused-ring (bicyclic) bond motifs is 1. The van der Waals surface area contributed by atoms with Crippen molar-refractivity contribution < 1.29 is 23.4 Å². The zero-order chi connectivity index (χ0) is 19.5. The van der Waals surface area contributed by atoms with Gasteiger partial charge in [0, 0.05) is 0 Å². The lowest BCUT2D eigenvalue weighted by molar-refractivity contribution is -0.152. The summed E-state index contributed by atoms with van der Waals surface area (Å²) in [5.74, 6) is 0.650. The maximum Gasteiger partial charge on any atom is 0.344 e. The highest BCUT2D eigenvalue weighted by Crippen LogP contribution is 2.32. The van der Waals surface area contributed by atoms with Crippen LogP contribution < -0.4 is 14.4 Å². The third kappa shape index (κ3) is 4.17. The van der Waals surface area contributed by atoms with Crippen LogP contribution in [0.1, 0.15) is 6.92 Å². The lowest BCUT2D eigenvalue weighted by atomic mass is 10.2. The molecule has 1 aliphatic rings. The molecule has 0 aliphatic carbocycles. The number of nitrogens with zero attached hydrogens (tertiary/aromatic N) is 2. The summed E-state index contributed by atoms with van der Waals surface area (Å²) in [6.45, 7) is 3.50. The van der Waals surface area contributed by atoms with Gasteiger partial charge >= 0.3 is 5.97 Å². The molecule has 0 spiro atoms. The predicted octanol–water partition coefficient (Wildman–Crippen LogP) is 3.64. The van der Waals surface area contributed by atoms with Gasteiger partial charge in [-0.25, -0.2) is 14.2 Å². The zero-order valence-corrected chi connectivity index (χ0v) is 16.1. The molecule has 0 bridgehead atoms. The van der Waals surface area contributed by atoms with Crippen LogP contribution in [0.4, 0.5) is 9.52 Å². The lowest BCUT2D eigenvalue weighted by Gasteiger charge is -2.38. The second-order valence-electron chi connectivity index (χ2n) is 6.32. The van der Waals surface area contributed by atoms with Crippen LogP contribution in [0.5, 0.6) is 11.5 Å². The fraction of sp³-hybridized carbons (Fsp3) is 0.300. The van der Waals surface area contributed by atoms with Crippen LogP contribution in [-0.4, -0.2) is 43.4 Å². The molecule has 6 nitrogen and oxygen atoms in total. The summed E-state index contributed by atoms with van der Waals surface area (Å²) in [6.07, 6.45) is -0.194. The first-order valence-corrected chi connectivity index (χ1v) is 9.78. The van der Waals surface area contributed by atoms with Crippen LogP contribution in [0, 0.1) is 5.82 Å². The lowest BCUT2D eigenvalue weighted by Crippen LogP contribution is -2.53. The Hall–Kier alpha value is -2.87. The van der Waals surface area contributed by atoms with E-state index in [0.717, 1.165) is 21.1 Å². The summed E-state index contributed by atoms with van der Waals surface area (Å²) in [4.78, 5) is 18.5. The first-order valence-electron chi connectivity index (χ1n) is 8.97. The largest absolute Gasteiger partial charge is 0.494 e. The van der Waals surface area contributed by atoms with E-state index in [1.54, 1.807) is 30.3 Å². The first-order chi connectivity index (χ1) is 13.6. The van der Waals surface area contributed by atoms with Gasteiger partial charge in [0.15, 0.2) is 11.7 Å². The maximum atomic E-state index is 13.3. The molecule has 1 aliphatic heterocycles. The van der Waals surface area contributed by atoms with Crippen LogP contribution in [0.15, 0.2) is 42.5 Å². The number of carbonyl (C=O) groups excluding carboxylic acids is 1. The maximum absolute atomic E-state index is 13.3. The van der Waals surface area contributed by atoms with E-state index in [1.807, 2.05) is 11.8 Å². The van der Waals surface area contributed by atoms with Crippen molar-refractivity contribution in [3.8, 4) is 11.5 Å². The van der Waals surface area contributed by atoms with Gasteiger partial charge in [-0.1, -0.05) is 11.3 Å². The highest BCUT2D eigenvalue weighted by atomic mass is 32.1. The van der Waals surface area contributed by atoms with Gasteiger partial charge in [0.25, 0.3) is 0 Å². The molecule has 0 radical (unpaired) electrons. The Kier molecular flexibility index (Phi) is 5.29. The summed E-state index contributed by atoms with van der Waals surface area (Å²) in [6, 6.07) is 11.6. The summed E-state index contributed by atoms with van der Waals surface area (Å²) in [5.41, 5.74) is 0.769. The molecule has 146 valence electrons. The minimum Gasteiger partial charge on any atom is -0.494 e. The molecule has 1 aromatic heterocycles. The van der Waals surface area contributed by atoms with E-state index in [-0.39, 0.29) is 18.5 Å². The Morgan fingerprint density at radius 1 is 1.18 bits per heavy atom. The van der Waals surface area contributed by atoms with Gasteiger partial charge in [0.05, 0.1) is 29.9 Å². The highest BCUT2D eigenvalue weighted by molar-refractivity contribution is 7.22. The van der Waals surface area contributed by atoms with Gasteiger partial charge in [-0.2, -0.15) is 0 Å². The van der Waals surface area contributed by atoms with E-state index in [1.165, 1.54) is 23.5 Å². The molecule has 1 saturated heterocycles. The number of hydrogen-bond donors (Lipinski definition) is 0. The average molecular weight is 402 g/mol. The van der Waals surface area contributed by atoms with E-state index in [4.69, 9.17) is 14.2 Å². The molecule has 2 heterocycles. The van der Waals surface area contributed by atoms with Crippen molar-refractivity contribution >= 4 is 32.7 Å². The standard InChI is InChI=1S/C20H19FN2O4S/c1-2-25-14-4-6-15(7-5-14)26-12-19(24)27-16-10-23(11-16)20-22-17-8-3-13(21)9-18(17)28-20/h3-9,16H,2,10-12H2,1H3. The quantitative estimate of drug-likeness (QED) is 0.563. The van der Waals surface area contributed by atoms with E-state index in [2.05, 4.69) is 4.98 Å². The van der Waals surface area contributed by atoms with E-state index in [9.17, 15) is 9.18 Å². The first kappa shape index (κ1) is 18.5. The van der Waals surface area contributed by atoms with Gasteiger partial charge < -0.3 is 19.1 Å². The number of ether oxygens (including phenoxy) is 3. The number of esters is 1. The molecule has 0 atom stereocenters. The molecule has 0 N–H and O–H groups in total. The van der Waals surface area contributed by atoms with Gasteiger partial charge in [-0.15, -0.1) is 0 Å². The number of rotatable bonds is 7. The topological polar surface area (TPSA) is 60.9 Å².